The largest absolute Gasteiger partial charge is 0.354 e. The number of rotatable bonds is 4. The molecule has 1 saturated carbocycles. The van der Waals surface area contributed by atoms with Crippen molar-refractivity contribution < 1.29 is 0 Å². The molecule has 152 valence electrons. The molecule has 2 aliphatic rings. The van der Waals surface area contributed by atoms with Crippen LogP contribution in [0.25, 0.3) is 5.65 Å². The van der Waals surface area contributed by atoms with E-state index < -0.39 is 0 Å². The van der Waals surface area contributed by atoms with Crippen LogP contribution in [-0.2, 0) is 6.54 Å². The van der Waals surface area contributed by atoms with Gasteiger partial charge in [0.15, 0.2) is 5.96 Å². The van der Waals surface area contributed by atoms with Crippen molar-refractivity contribution in [1.29, 1.82) is 0 Å². The molecule has 0 aromatic carbocycles. The topological polar surface area (TPSA) is 57.0 Å². The maximum Gasteiger partial charge on any atom is 0.191 e. The van der Waals surface area contributed by atoms with Gasteiger partial charge in [-0.15, -0.1) is 0 Å². The highest BCUT2D eigenvalue weighted by Gasteiger charge is 2.26. The summed E-state index contributed by atoms with van der Waals surface area (Å²) in [6.07, 6.45) is 11.6. The zero-order valence-electron chi connectivity index (χ0n) is 17.3. The predicted molar refractivity (Wildman–Crippen MR) is 115 cm³/mol. The van der Waals surface area contributed by atoms with Crippen molar-refractivity contribution in [3.05, 3.63) is 35.8 Å². The van der Waals surface area contributed by atoms with Crippen molar-refractivity contribution in [2.24, 2.45) is 4.99 Å². The summed E-state index contributed by atoms with van der Waals surface area (Å²) in [6.45, 7) is 5.21. The van der Waals surface area contributed by atoms with E-state index in [1.54, 1.807) is 0 Å². The van der Waals surface area contributed by atoms with Crippen LogP contribution >= 0.6 is 0 Å². The highest BCUT2D eigenvalue weighted by molar-refractivity contribution is 5.79. The summed E-state index contributed by atoms with van der Waals surface area (Å²) >= 11 is 0. The maximum atomic E-state index is 4.70. The molecule has 28 heavy (non-hydrogen) atoms. The fourth-order valence-corrected chi connectivity index (χ4v) is 4.70. The summed E-state index contributed by atoms with van der Waals surface area (Å²) in [5.41, 5.74) is 3.22. The fourth-order valence-electron chi connectivity index (χ4n) is 4.70. The molecule has 0 amide bonds. The number of imidazole rings is 1. The number of pyridine rings is 1. The number of hydrogen-bond donors (Lipinski definition) is 2. The Balaban J connectivity index is 1.26. The second kappa shape index (κ2) is 8.95. The zero-order valence-corrected chi connectivity index (χ0v) is 17.3. The Hall–Kier alpha value is -2.08. The molecule has 3 heterocycles. The SMILES string of the molecule is CN=C(NCc1cn2c(C)cccc2n1)NC1CCN(C2CCCCC2)CC1. The van der Waals surface area contributed by atoms with Crippen LogP contribution in [0.4, 0.5) is 0 Å². The Labute approximate surface area is 168 Å². The van der Waals surface area contributed by atoms with Crippen LogP contribution in [0, 0.1) is 6.92 Å². The molecule has 4 rings (SSSR count). The van der Waals surface area contributed by atoms with E-state index in [-0.39, 0.29) is 0 Å². The number of likely N-dealkylation sites (tertiary alicyclic amines) is 1. The van der Waals surface area contributed by atoms with Crippen molar-refractivity contribution in [2.75, 3.05) is 20.1 Å². The molecule has 6 nitrogen and oxygen atoms in total. The quantitative estimate of drug-likeness (QED) is 0.630. The Bertz CT molecular complexity index is 796. The van der Waals surface area contributed by atoms with E-state index in [0.717, 1.165) is 23.3 Å². The molecule has 2 fully saturated rings. The molecule has 2 N–H and O–H groups in total. The smallest absolute Gasteiger partial charge is 0.191 e. The van der Waals surface area contributed by atoms with Gasteiger partial charge in [0.05, 0.1) is 12.2 Å². The van der Waals surface area contributed by atoms with Crippen molar-refractivity contribution >= 4 is 11.6 Å². The van der Waals surface area contributed by atoms with Gasteiger partial charge in [0, 0.05) is 44.1 Å². The molecule has 1 aliphatic heterocycles. The number of piperidine rings is 1. The lowest BCUT2D eigenvalue weighted by molar-refractivity contribution is 0.119. The van der Waals surface area contributed by atoms with Gasteiger partial charge in [-0.3, -0.25) is 4.99 Å². The van der Waals surface area contributed by atoms with E-state index in [0.29, 0.717) is 12.6 Å². The Morgan fingerprint density at radius 1 is 1.14 bits per heavy atom. The van der Waals surface area contributed by atoms with Crippen molar-refractivity contribution in [2.45, 2.75) is 70.5 Å². The molecular formula is C22H34N6. The normalized spacial score (nSPS) is 20.6. The van der Waals surface area contributed by atoms with Crippen molar-refractivity contribution in [3.63, 3.8) is 0 Å². The zero-order chi connectivity index (χ0) is 19.3. The van der Waals surface area contributed by atoms with E-state index in [1.165, 1.54) is 63.7 Å². The van der Waals surface area contributed by atoms with Gasteiger partial charge in [0.1, 0.15) is 5.65 Å². The van der Waals surface area contributed by atoms with E-state index in [1.807, 2.05) is 13.1 Å². The summed E-state index contributed by atoms with van der Waals surface area (Å²) in [4.78, 5) is 11.9. The van der Waals surface area contributed by atoms with Gasteiger partial charge in [-0.1, -0.05) is 25.3 Å². The van der Waals surface area contributed by atoms with Crippen LogP contribution in [0.15, 0.2) is 29.4 Å². The Kier molecular flexibility index (Phi) is 6.15. The first kappa shape index (κ1) is 19.2. The minimum absolute atomic E-state index is 0.509. The molecule has 6 heteroatoms. The first-order valence-corrected chi connectivity index (χ1v) is 10.9. The van der Waals surface area contributed by atoms with Crippen LogP contribution < -0.4 is 10.6 Å². The van der Waals surface area contributed by atoms with Gasteiger partial charge in [0.25, 0.3) is 0 Å². The third kappa shape index (κ3) is 4.49. The van der Waals surface area contributed by atoms with Gasteiger partial charge in [-0.2, -0.15) is 0 Å². The van der Waals surface area contributed by atoms with Crippen LogP contribution in [0.5, 0.6) is 0 Å². The van der Waals surface area contributed by atoms with Gasteiger partial charge in [-0.25, -0.2) is 4.98 Å². The van der Waals surface area contributed by atoms with E-state index in [9.17, 15) is 0 Å². The average molecular weight is 383 g/mol. The summed E-state index contributed by atoms with van der Waals surface area (Å²) in [5.74, 6) is 0.880. The number of guanidine groups is 1. The molecule has 1 aliphatic carbocycles. The standard InChI is InChI=1S/C22H34N6/c1-17-7-6-10-21-25-19(16-28(17)21)15-24-22(23-2)26-18-11-13-27(14-12-18)20-8-4-3-5-9-20/h6-7,10,16,18,20H,3-5,8-9,11-15H2,1-2H3,(H2,23,24,26). The van der Waals surface area contributed by atoms with Crippen LogP contribution in [0.2, 0.25) is 0 Å². The molecule has 2 aromatic heterocycles. The summed E-state index contributed by atoms with van der Waals surface area (Å²) in [7, 11) is 1.85. The number of hydrogen-bond acceptors (Lipinski definition) is 3. The van der Waals surface area contributed by atoms with Gasteiger partial charge in [-0.05, 0) is 44.7 Å². The summed E-state index contributed by atoms with van der Waals surface area (Å²) < 4.78 is 2.13. The maximum absolute atomic E-state index is 4.70. The lowest BCUT2D eigenvalue weighted by Gasteiger charge is -2.39. The minimum atomic E-state index is 0.509. The molecule has 0 radical (unpaired) electrons. The first-order valence-electron chi connectivity index (χ1n) is 10.9. The van der Waals surface area contributed by atoms with Gasteiger partial charge >= 0.3 is 0 Å². The van der Waals surface area contributed by atoms with E-state index in [2.05, 4.69) is 50.2 Å². The number of aromatic nitrogens is 2. The summed E-state index contributed by atoms with van der Waals surface area (Å²) in [6, 6.07) is 7.55. The number of fused-ring (bicyclic) bond motifs is 1. The molecule has 0 spiro atoms. The third-order valence-corrected chi connectivity index (χ3v) is 6.37. The Morgan fingerprint density at radius 2 is 1.93 bits per heavy atom. The number of nitrogens with one attached hydrogen (secondary N) is 2. The second-order valence-electron chi connectivity index (χ2n) is 8.30. The van der Waals surface area contributed by atoms with Crippen LogP contribution in [0.3, 0.4) is 0 Å². The molecule has 1 saturated heterocycles. The fraction of sp³-hybridized carbons (Fsp3) is 0.636. The first-order chi connectivity index (χ1) is 13.7. The van der Waals surface area contributed by atoms with Crippen molar-refractivity contribution in [3.8, 4) is 0 Å². The summed E-state index contributed by atoms with van der Waals surface area (Å²) in [5, 5.41) is 7.06. The predicted octanol–water partition coefficient (Wildman–Crippen LogP) is 3.10. The van der Waals surface area contributed by atoms with E-state index in [4.69, 9.17) is 4.98 Å². The van der Waals surface area contributed by atoms with Crippen LogP contribution in [0.1, 0.15) is 56.3 Å². The highest BCUT2D eigenvalue weighted by Crippen LogP contribution is 2.25. The van der Waals surface area contributed by atoms with Gasteiger partial charge in [0.2, 0.25) is 0 Å². The monoisotopic (exact) mass is 382 g/mol. The highest BCUT2D eigenvalue weighted by atomic mass is 15.2. The lowest BCUT2D eigenvalue weighted by Crippen LogP contribution is -2.50. The minimum Gasteiger partial charge on any atom is -0.354 e. The molecule has 2 aromatic rings. The number of aliphatic imine (C=N–C) groups is 1. The van der Waals surface area contributed by atoms with E-state index >= 15 is 0 Å². The third-order valence-electron chi connectivity index (χ3n) is 6.37. The lowest BCUT2D eigenvalue weighted by atomic mass is 9.92. The number of nitrogens with zero attached hydrogens (tertiary/aromatic N) is 4. The van der Waals surface area contributed by atoms with Crippen LogP contribution in [-0.4, -0.2) is 52.5 Å². The second-order valence-corrected chi connectivity index (χ2v) is 8.30. The molecule has 0 bridgehead atoms. The Morgan fingerprint density at radius 3 is 2.64 bits per heavy atom. The molecular weight excluding hydrogens is 348 g/mol. The van der Waals surface area contributed by atoms with Crippen molar-refractivity contribution in [1.82, 2.24) is 24.9 Å². The van der Waals surface area contributed by atoms with Gasteiger partial charge < -0.3 is 19.9 Å². The number of aryl methyl sites for hydroxylation is 1. The molecule has 0 atom stereocenters. The molecule has 0 unspecified atom stereocenters. The average Bonchev–Trinajstić information content (AvgIpc) is 3.17.